The number of likely N-dealkylation sites (N-methyl/N-ethyl adjacent to an activating group) is 1. The van der Waals surface area contributed by atoms with E-state index in [0.29, 0.717) is 37.0 Å². The van der Waals surface area contributed by atoms with E-state index in [1.807, 2.05) is 6.92 Å². The van der Waals surface area contributed by atoms with Crippen molar-refractivity contribution in [3.05, 3.63) is 71.4 Å². The lowest BCUT2D eigenvalue weighted by Crippen LogP contribution is -2.60. The predicted octanol–water partition coefficient (Wildman–Crippen LogP) is 1.52. The Morgan fingerprint density at radius 2 is 1.90 bits per heavy atom. The van der Waals surface area contributed by atoms with Gasteiger partial charge in [-0.15, -0.1) is 0 Å². The number of benzene rings is 2. The predicted molar refractivity (Wildman–Crippen MR) is 147 cm³/mol. The lowest BCUT2D eigenvalue weighted by molar-refractivity contribution is -0.142. The number of aryl methyl sites for hydroxylation is 1. The molecular formula is C28H31BN4O8. The molecule has 3 heterocycles. The average Bonchev–Trinajstić information content (AvgIpc) is 2.94. The lowest BCUT2D eigenvalue weighted by atomic mass is 9.78. The van der Waals surface area contributed by atoms with Gasteiger partial charge in [-0.3, -0.25) is 14.5 Å². The van der Waals surface area contributed by atoms with Crippen LogP contribution in [0.25, 0.3) is 0 Å². The molecule has 5 rings (SSSR count). The van der Waals surface area contributed by atoms with Crippen molar-refractivity contribution in [3.8, 4) is 11.5 Å². The quantitative estimate of drug-likeness (QED) is 0.337. The fourth-order valence-electron chi connectivity index (χ4n) is 5.19. The molecule has 41 heavy (non-hydrogen) atoms. The summed E-state index contributed by atoms with van der Waals surface area (Å²) < 4.78 is 11.3. The second-order valence-electron chi connectivity index (χ2n) is 10.1. The number of hydrogen-bond acceptors (Lipinski definition) is 8. The van der Waals surface area contributed by atoms with Crippen molar-refractivity contribution < 1.29 is 38.7 Å². The Morgan fingerprint density at radius 3 is 2.59 bits per heavy atom. The Hall–Kier alpha value is -4.52. The van der Waals surface area contributed by atoms with Crippen LogP contribution in [0.4, 0.5) is 4.79 Å². The second kappa shape index (κ2) is 11.5. The zero-order valence-electron chi connectivity index (χ0n) is 22.6. The Kier molecular flexibility index (Phi) is 7.89. The molecule has 2 saturated heterocycles. The van der Waals surface area contributed by atoms with Crippen LogP contribution in [0, 0.1) is 0 Å². The van der Waals surface area contributed by atoms with Crippen LogP contribution < -0.4 is 14.7 Å². The minimum atomic E-state index is -1.25. The molecule has 4 amide bonds. The maximum Gasteiger partial charge on any atom is 0.522 e. The maximum absolute atomic E-state index is 13.6. The number of ether oxygens (including phenoxy) is 1. The number of urea groups is 1. The zero-order chi connectivity index (χ0) is 29.3. The molecular weight excluding hydrogens is 531 g/mol. The van der Waals surface area contributed by atoms with Gasteiger partial charge in [0.1, 0.15) is 29.2 Å². The van der Waals surface area contributed by atoms with Crippen molar-refractivity contribution in [1.29, 1.82) is 0 Å². The highest BCUT2D eigenvalue weighted by Gasteiger charge is 2.40. The van der Waals surface area contributed by atoms with Gasteiger partial charge in [-0.2, -0.15) is 0 Å². The zero-order valence-corrected chi connectivity index (χ0v) is 22.6. The summed E-state index contributed by atoms with van der Waals surface area (Å²) in [6.45, 7) is 7.22. The van der Waals surface area contributed by atoms with Gasteiger partial charge in [0.05, 0.1) is 18.8 Å². The molecule has 0 spiro atoms. The van der Waals surface area contributed by atoms with Gasteiger partial charge in [-0.25, -0.2) is 9.59 Å². The monoisotopic (exact) mass is 562 g/mol. The number of carbonyl (C=O) groups excluding carboxylic acids is 3. The molecule has 3 N–H and O–H groups in total. The highest BCUT2D eigenvalue weighted by atomic mass is 16.5. The number of nitrogens with zero attached hydrogens (tertiary/aromatic N) is 3. The minimum absolute atomic E-state index is 0.0836. The summed E-state index contributed by atoms with van der Waals surface area (Å²) in [7, 11) is -1.10. The van der Waals surface area contributed by atoms with E-state index >= 15 is 0 Å². The molecule has 0 unspecified atom stereocenters. The largest absolute Gasteiger partial charge is 0.535 e. The number of carboxylic acids is 1. The normalized spacial score (nSPS) is 17.8. The van der Waals surface area contributed by atoms with Crippen LogP contribution in [0.5, 0.6) is 11.5 Å². The first-order chi connectivity index (χ1) is 19.7. The summed E-state index contributed by atoms with van der Waals surface area (Å²) in [5, 5.41) is 22.4. The van der Waals surface area contributed by atoms with Crippen molar-refractivity contribution in [1.82, 2.24) is 20.0 Å². The molecule has 3 aliphatic heterocycles. The van der Waals surface area contributed by atoms with E-state index in [-0.39, 0.29) is 42.4 Å². The molecule has 0 saturated carbocycles. The molecule has 3 aliphatic rings. The van der Waals surface area contributed by atoms with Crippen molar-refractivity contribution in [2.24, 2.45) is 0 Å². The van der Waals surface area contributed by atoms with Crippen molar-refractivity contribution in [2.75, 3.05) is 32.7 Å². The number of rotatable bonds is 7. The maximum atomic E-state index is 13.6. The van der Waals surface area contributed by atoms with Gasteiger partial charge in [0.15, 0.2) is 0 Å². The van der Waals surface area contributed by atoms with Crippen molar-refractivity contribution in [2.45, 2.75) is 31.8 Å². The molecule has 0 bridgehead atoms. The number of imide groups is 1. The molecule has 13 heteroatoms. The number of nitrogens with one attached hydrogen (secondary N) is 1. The fraction of sp³-hybridized carbons (Fsp3) is 0.357. The van der Waals surface area contributed by atoms with Gasteiger partial charge in [-0.05, 0) is 36.9 Å². The number of aromatic carboxylic acids is 1. The Labute approximate surface area is 237 Å². The van der Waals surface area contributed by atoms with Gasteiger partial charge in [0.25, 0.3) is 5.91 Å². The third-order valence-corrected chi connectivity index (χ3v) is 7.52. The van der Waals surface area contributed by atoms with Crippen LogP contribution >= 0.6 is 0 Å². The van der Waals surface area contributed by atoms with E-state index in [1.165, 1.54) is 4.90 Å². The van der Waals surface area contributed by atoms with E-state index in [9.17, 15) is 29.3 Å². The molecule has 1 atom stereocenters. The molecule has 2 aromatic carbocycles. The van der Waals surface area contributed by atoms with E-state index in [0.717, 1.165) is 4.90 Å². The third kappa shape index (κ3) is 5.57. The van der Waals surface area contributed by atoms with Gasteiger partial charge in [-0.1, -0.05) is 43.0 Å². The topological polar surface area (TPSA) is 149 Å². The summed E-state index contributed by atoms with van der Waals surface area (Å²) in [6.07, 6.45) is 0.342. The van der Waals surface area contributed by atoms with E-state index < -0.39 is 43.1 Å². The van der Waals surface area contributed by atoms with Gasteiger partial charge >= 0.3 is 19.1 Å². The smallest absolute Gasteiger partial charge is 0.522 e. The van der Waals surface area contributed by atoms with Crippen molar-refractivity contribution in [3.63, 3.8) is 0 Å². The van der Waals surface area contributed by atoms with Crippen LogP contribution in [-0.4, -0.2) is 94.6 Å². The molecule has 0 aliphatic carbocycles. The van der Waals surface area contributed by atoms with Crippen molar-refractivity contribution >= 4 is 30.9 Å². The van der Waals surface area contributed by atoms with Crippen LogP contribution in [-0.2, 0) is 16.0 Å². The summed E-state index contributed by atoms with van der Waals surface area (Å²) in [5.74, 6) is -1.98. The Bertz CT molecular complexity index is 1380. The average molecular weight is 562 g/mol. The number of piperazine rings is 1. The first-order valence-corrected chi connectivity index (χ1v) is 13.5. The van der Waals surface area contributed by atoms with Gasteiger partial charge in [0.2, 0.25) is 5.91 Å². The summed E-state index contributed by atoms with van der Waals surface area (Å²) in [6, 6.07) is 10.2. The summed E-state index contributed by atoms with van der Waals surface area (Å²) in [4.78, 5) is 55.9. The molecule has 214 valence electrons. The minimum Gasteiger partial charge on any atom is -0.535 e. The number of hydrogen-bond donors (Lipinski definition) is 3. The number of amides is 4. The van der Waals surface area contributed by atoms with Crippen LogP contribution in [0.3, 0.4) is 0 Å². The lowest BCUT2D eigenvalue weighted by Gasteiger charge is -2.41. The Balaban J connectivity index is 1.28. The number of carboxylic acid groups (broad SMARTS) is 1. The SMILES string of the molecule is C=C1C(=O)N(C(=O)N[C@@H](C(=O)N2CC(Oc3ccc4c(c3C(=O)O)OB(O)CC4)C2)c2ccccc2)CCN1CC. The standard InChI is InChI=1S/C28H31BN4O8/c1-3-31-13-14-33(25(34)17(31)2)28(38)30-23(18-7-5-4-6-8-18)26(35)32-15-20(16-32)40-21-10-9-19-11-12-29(39)41-24(19)22(21)27(36)37/h4-10,20,23,39H,2-3,11-16H2,1H3,(H,30,38)(H,36,37)/t23-/m1/s1. The summed E-state index contributed by atoms with van der Waals surface area (Å²) in [5.41, 5.74) is 1.27. The molecule has 0 aromatic heterocycles. The fourth-order valence-corrected chi connectivity index (χ4v) is 5.19. The van der Waals surface area contributed by atoms with E-state index in [4.69, 9.17) is 9.39 Å². The number of fused-ring (bicyclic) bond motifs is 1. The number of likely N-dealkylation sites (tertiary alicyclic amines) is 1. The molecule has 0 radical (unpaired) electrons. The highest BCUT2D eigenvalue weighted by Crippen LogP contribution is 2.37. The van der Waals surface area contributed by atoms with Gasteiger partial charge < -0.3 is 34.6 Å². The highest BCUT2D eigenvalue weighted by molar-refractivity contribution is 6.44. The van der Waals surface area contributed by atoms with Crippen LogP contribution in [0.2, 0.25) is 6.32 Å². The first kappa shape index (κ1) is 28.0. The number of carbonyl (C=O) groups is 4. The van der Waals surface area contributed by atoms with Crippen LogP contribution in [0.1, 0.15) is 34.5 Å². The Morgan fingerprint density at radius 1 is 1.17 bits per heavy atom. The molecule has 2 aromatic rings. The van der Waals surface area contributed by atoms with E-state index in [1.54, 1.807) is 47.4 Å². The van der Waals surface area contributed by atoms with Crippen LogP contribution in [0.15, 0.2) is 54.7 Å². The van der Waals surface area contributed by atoms with Gasteiger partial charge in [0, 0.05) is 19.6 Å². The molecule has 2 fully saturated rings. The summed E-state index contributed by atoms with van der Waals surface area (Å²) >= 11 is 0. The second-order valence-corrected chi connectivity index (χ2v) is 10.1. The first-order valence-electron chi connectivity index (χ1n) is 13.5. The molecule has 12 nitrogen and oxygen atoms in total. The third-order valence-electron chi connectivity index (χ3n) is 7.52. The van der Waals surface area contributed by atoms with E-state index in [2.05, 4.69) is 11.9 Å².